The van der Waals surface area contributed by atoms with Crippen molar-refractivity contribution in [2.75, 3.05) is 26.2 Å². The molecule has 2 rings (SSSR count). The molecule has 1 aliphatic carbocycles. The summed E-state index contributed by atoms with van der Waals surface area (Å²) in [7, 11) is 0. The number of nitrogens with one attached hydrogen (secondary N) is 1. The number of halogens is 2. The molecule has 1 spiro atoms. The van der Waals surface area contributed by atoms with Crippen LogP contribution in [0, 0.1) is 0 Å². The summed E-state index contributed by atoms with van der Waals surface area (Å²) in [5.41, 5.74) is 0.174. The van der Waals surface area contributed by atoms with Gasteiger partial charge in [-0.15, -0.1) is 0 Å². The highest BCUT2D eigenvalue weighted by Gasteiger charge is 2.37. The average molecular weight is 204 g/mol. The SMILES string of the molecule is FC(F)CN1CCNC2(CCCC2)C1. The van der Waals surface area contributed by atoms with Gasteiger partial charge in [-0.3, -0.25) is 4.90 Å². The minimum atomic E-state index is -2.19. The fraction of sp³-hybridized carbons (Fsp3) is 1.00. The largest absolute Gasteiger partial charge is 0.309 e. The summed E-state index contributed by atoms with van der Waals surface area (Å²) in [5, 5.41) is 3.51. The van der Waals surface area contributed by atoms with Crippen LogP contribution in [-0.4, -0.2) is 43.0 Å². The Hall–Kier alpha value is -0.220. The minimum Gasteiger partial charge on any atom is -0.309 e. The Bertz CT molecular complexity index is 191. The van der Waals surface area contributed by atoms with Crippen LogP contribution in [0.3, 0.4) is 0 Å². The predicted molar refractivity (Wildman–Crippen MR) is 51.6 cm³/mol. The van der Waals surface area contributed by atoms with Gasteiger partial charge in [0.25, 0.3) is 6.43 Å². The van der Waals surface area contributed by atoms with E-state index in [2.05, 4.69) is 5.32 Å². The van der Waals surface area contributed by atoms with Crippen LogP contribution in [0.1, 0.15) is 25.7 Å². The van der Waals surface area contributed by atoms with Gasteiger partial charge in [0.2, 0.25) is 0 Å². The maximum absolute atomic E-state index is 12.2. The molecule has 1 saturated heterocycles. The molecular weight excluding hydrogens is 186 g/mol. The first-order chi connectivity index (χ1) is 6.70. The third kappa shape index (κ3) is 2.23. The third-order valence-corrected chi connectivity index (χ3v) is 3.41. The Morgan fingerprint density at radius 1 is 1.29 bits per heavy atom. The fourth-order valence-corrected chi connectivity index (χ4v) is 2.78. The number of nitrogens with zero attached hydrogens (tertiary/aromatic N) is 1. The molecule has 1 saturated carbocycles. The van der Waals surface area contributed by atoms with Crippen LogP contribution in [-0.2, 0) is 0 Å². The number of rotatable bonds is 2. The van der Waals surface area contributed by atoms with Crippen molar-refractivity contribution in [3.8, 4) is 0 Å². The number of alkyl halides is 2. The second-order valence-corrected chi connectivity index (χ2v) is 4.54. The lowest BCUT2D eigenvalue weighted by molar-refractivity contribution is 0.0535. The smallest absolute Gasteiger partial charge is 0.251 e. The van der Waals surface area contributed by atoms with Gasteiger partial charge >= 0.3 is 0 Å². The van der Waals surface area contributed by atoms with E-state index in [4.69, 9.17) is 0 Å². The van der Waals surface area contributed by atoms with Crippen LogP contribution in [0.25, 0.3) is 0 Å². The number of piperazine rings is 1. The van der Waals surface area contributed by atoms with E-state index in [9.17, 15) is 8.78 Å². The van der Waals surface area contributed by atoms with Gasteiger partial charge in [-0.1, -0.05) is 12.8 Å². The van der Waals surface area contributed by atoms with Crippen molar-refractivity contribution in [2.45, 2.75) is 37.6 Å². The maximum atomic E-state index is 12.2. The van der Waals surface area contributed by atoms with Gasteiger partial charge in [0.15, 0.2) is 0 Å². The van der Waals surface area contributed by atoms with Gasteiger partial charge in [-0.05, 0) is 12.8 Å². The zero-order valence-corrected chi connectivity index (χ0v) is 8.44. The number of hydrogen-bond acceptors (Lipinski definition) is 2. The van der Waals surface area contributed by atoms with E-state index in [1.807, 2.05) is 4.90 Å². The lowest BCUT2D eigenvalue weighted by Gasteiger charge is -2.41. The van der Waals surface area contributed by atoms with Crippen LogP contribution in [0.2, 0.25) is 0 Å². The molecule has 0 aromatic carbocycles. The predicted octanol–water partition coefficient (Wildman–Crippen LogP) is 1.47. The molecule has 2 fully saturated rings. The Morgan fingerprint density at radius 3 is 2.64 bits per heavy atom. The van der Waals surface area contributed by atoms with Crippen molar-refractivity contribution < 1.29 is 8.78 Å². The topological polar surface area (TPSA) is 15.3 Å². The standard InChI is InChI=1S/C10H18F2N2/c11-9(12)7-14-6-5-13-10(8-14)3-1-2-4-10/h9,13H,1-8H2. The van der Waals surface area contributed by atoms with E-state index < -0.39 is 6.43 Å². The number of hydrogen-bond donors (Lipinski definition) is 1. The van der Waals surface area contributed by atoms with E-state index in [-0.39, 0.29) is 12.1 Å². The third-order valence-electron chi connectivity index (χ3n) is 3.41. The van der Waals surface area contributed by atoms with Crippen molar-refractivity contribution in [1.82, 2.24) is 10.2 Å². The summed E-state index contributed by atoms with van der Waals surface area (Å²) in [6.07, 6.45) is 2.62. The van der Waals surface area contributed by atoms with Crippen molar-refractivity contribution >= 4 is 0 Å². The Balaban J connectivity index is 1.90. The average Bonchev–Trinajstić information content (AvgIpc) is 2.52. The van der Waals surface area contributed by atoms with E-state index in [1.54, 1.807) is 0 Å². The zero-order valence-electron chi connectivity index (χ0n) is 8.44. The zero-order chi connectivity index (χ0) is 10.0. The van der Waals surface area contributed by atoms with E-state index in [0.29, 0.717) is 0 Å². The molecule has 1 heterocycles. The molecule has 0 radical (unpaired) electrons. The lowest BCUT2D eigenvalue weighted by atomic mass is 9.94. The van der Waals surface area contributed by atoms with Gasteiger partial charge in [0, 0.05) is 25.2 Å². The van der Waals surface area contributed by atoms with Gasteiger partial charge in [0.1, 0.15) is 0 Å². The quantitative estimate of drug-likeness (QED) is 0.732. The van der Waals surface area contributed by atoms with Crippen LogP contribution < -0.4 is 5.32 Å². The van der Waals surface area contributed by atoms with E-state index in [1.165, 1.54) is 12.8 Å². The van der Waals surface area contributed by atoms with Crippen LogP contribution in [0.15, 0.2) is 0 Å². The molecule has 1 aliphatic heterocycles. The van der Waals surface area contributed by atoms with Crippen molar-refractivity contribution in [1.29, 1.82) is 0 Å². The second kappa shape index (κ2) is 4.11. The summed E-state index contributed by atoms with van der Waals surface area (Å²) >= 11 is 0. The minimum absolute atomic E-state index is 0.0522. The van der Waals surface area contributed by atoms with Crippen LogP contribution in [0.4, 0.5) is 8.78 Å². The van der Waals surface area contributed by atoms with E-state index >= 15 is 0 Å². The van der Waals surface area contributed by atoms with Crippen molar-refractivity contribution in [3.05, 3.63) is 0 Å². The molecular formula is C10H18F2N2. The van der Waals surface area contributed by atoms with Gasteiger partial charge in [0.05, 0.1) is 6.54 Å². The molecule has 0 atom stereocenters. The van der Waals surface area contributed by atoms with Crippen LogP contribution in [0.5, 0.6) is 0 Å². The van der Waals surface area contributed by atoms with Gasteiger partial charge < -0.3 is 5.32 Å². The van der Waals surface area contributed by atoms with Crippen LogP contribution >= 0.6 is 0 Å². The molecule has 0 bridgehead atoms. The molecule has 0 unspecified atom stereocenters. The second-order valence-electron chi connectivity index (χ2n) is 4.54. The molecule has 0 amide bonds. The maximum Gasteiger partial charge on any atom is 0.251 e. The monoisotopic (exact) mass is 204 g/mol. The van der Waals surface area contributed by atoms with Gasteiger partial charge in [-0.2, -0.15) is 0 Å². The Morgan fingerprint density at radius 2 is 2.00 bits per heavy atom. The molecule has 14 heavy (non-hydrogen) atoms. The van der Waals surface area contributed by atoms with Crippen molar-refractivity contribution in [3.63, 3.8) is 0 Å². The summed E-state index contributed by atoms with van der Waals surface area (Å²) < 4.78 is 24.5. The molecule has 0 aromatic heterocycles. The molecule has 2 nitrogen and oxygen atoms in total. The van der Waals surface area contributed by atoms with E-state index in [0.717, 1.165) is 32.5 Å². The molecule has 0 aromatic rings. The fourth-order valence-electron chi connectivity index (χ4n) is 2.78. The Labute approximate surface area is 83.7 Å². The van der Waals surface area contributed by atoms with Gasteiger partial charge in [-0.25, -0.2) is 8.78 Å². The molecule has 2 aliphatic rings. The summed E-state index contributed by atoms with van der Waals surface area (Å²) in [5.74, 6) is 0. The summed E-state index contributed by atoms with van der Waals surface area (Å²) in [4.78, 5) is 1.91. The first kappa shape index (κ1) is 10.3. The molecule has 82 valence electrons. The van der Waals surface area contributed by atoms with Crippen molar-refractivity contribution in [2.24, 2.45) is 0 Å². The first-order valence-corrected chi connectivity index (χ1v) is 5.46. The summed E-state index contributed by atoms with van der Waals surface area (Å²) in [6, 6.07) is 0. The lowest BCUT2D eigenvalue weighted by Crippen LogP contribution is -2.59. The molecule has 1 N–H and O–H groups in total. The highest BCUT2D eigenvalue weighted by atomic mass is 19.3. The highest BCUT2D eigenvalue weighted by molar-refractivity contribution is 4.98. The highest BCUT2D eigenvalue weighted by Crippen LogP contribution is 2.31. The summed E-state index contributed by atoms with van der Waals surface area (Å²) in [6.45, 7) is 2.40. The normalized spacial score (nSPS) is 27.6. The molecule has 4 heteroatoms. The Kier molecular flexibility index (Phi) is 3.02. The first-order valence-electron chi connectivity index (χ1n) is 5.46.